The van der Waals surface area contributed by atoms with Gasteiger partial charge in [-0.1, -0.05) is 12.1 Å². The van der Waals surface area contributed by atoms with Gasteiger partial charge in [0.05, 0.1) is 19.8 Å². The van der Waals surface area contributed by atoms with E-state index >= 15 is 0 Å². The van der Waals surface area contributed by atoms with E-state index in [4.69, 9.17) is 4.74 Å². The maximum absolute atomic E-state index is 12.7. The Morgan fingerprint density at radius 3 is 2.81 bits per heavy atom. The van der Waals surface area contributed by atoms with E-state index in [1.54, 1.807) is 18.0 Å². The van der Waals surface area contributed by atoms with Gasteiger partial charge in [0.1, 0.15) is 11.4 Å². The molecule has 2 heterocycles. The van der Waals surface area contributed by atoms with Crippen molar-refractivity contribution in [3.05, 3.63) is 53.3 Å². The number of carbonyl (C=O) groups is 1. The number of aryl methyl sites for hydroxylation is 1. The van der Waals surface area contributed by atoms with E-state index in [1.165, 1.54) is 0 Å². The molecule has 1 aliphatic carbocycles. The fraction of sp³-hybridized carbons (Fsp3) is 0.435. The van der Waals surface area contributed by atoms with Crippen molar-refractivity contribution in [3.63, 3.8) is 0 Å². The van der Waals surface area contributed by atoms with Crippen LogP contribution >= 0.6 is 0 Å². The van der Waals surface area contributed by atoms with Gasteiger partial charge < -0.3 is 15.2 Å². The molecule has 0 radical (unpaired) electrons. The van der Waals surface area contributed by atoms with Crippen LogP contribution in [0, 0.1) is 12.8 Å². The lowest BCUT2D eigenvalue weighted by Gasteiger charge is -2.24. The topological polar surface area (TPSA) is 115 Å². The summed E-state index contributed by atoms with van der Waals surface area (Å²) in [6.45, 7) is 2.88. The third-order valence-corrected chi connectivity index (χ3v) is 5.72. The van der Waals surface area contributed by atoms with Crippen molar-refractivity contribution in [2.45, 2.75) is 51.8 Å². The number of pyridine rings is 1. The Balaban J connectivity index is 1.43. The van der Waals surface area contributed by atoms with Crippen LogP contribution in [0.5, 0.6) is 5.75 Å². The zero-order chi connectivity index (χ0) is 22.5. The molecule has 1 saturated carbocycles. The van der Waals surface area contributed by atoms with Crippen LogP contribution < -0.4 is 10.1 Å². The van der Waals surface area contributed by atoms with Crippen LogP contribution in [0.4, 0.5) is 0 Å². The van der Waals surface area contributed by atoms with Gasteiger partial charge >= 0.3 is 0 Å². The SMILES string of the molecule is COc1cccc(CNC(=O)c2cc(-c3nnn(CC4CCC(O)CC4)n3)cc(C)n2)c1. The number of hydrogen-bond donors (Lipinski definition) is 2. The highest BCUT2D eigenvalue weighted by atomic mass is 16.5. The molecule has 1 aromatic carbocycles. The van der Waals surface area contributed by atoms with E-state index in [0.717, 1.165) is 37.0 Å². The van der Waals surface area contributed by atoms with Crippen LogP contribution in [0.2, 0.25) is 0 Å². The minimum atomic E-state index is -0.272. The highest BCUT2D eigenvalue weighted by Gasteiger charge is 2.21. The zero-order valence-electron chi connectivity index (χ0n) is 18.4. The second kappa shape index (κ2) is 9.86. The number of nitrogens with zero attached hydrogens (tertiary/aromatic N) is 5. The first-order valence-corrected chi connectivity index (χ1v) is 10.9. The molecule has 1 fully saturated rings. The van der Waals surface area contributed by atoms with E-state index in [1.807, 2.05) is 37.3 Å². The van der Waals surface area contributed by atoms with Crippen molar-refractivity contribution in [2.24, 2.45) is 5.92 Å². The van der Waals surface area contributed by atoms with Gasteiger partial charge in [-0.25, -0.2) is 4.98 Å². The summed E-state index contributed by atoms with van der Waals surface area (Å²) >= 11 is 0. The molecule has 1 aliphatic rings. The Bertz CT molecular complexity index is 1080. The number of tetrazole rings is 1. The molecule has 3 aromatic rings. The number of ether oxygens (including phenoxy) is 1. The van der Waals surface area contributed by atoms with Gasteiger partial charge in [-0.3, -0.25) is 4.79 Å². The highest BCUT2D eigenvalue weighted by molar-refractivity contribution is 5.93. The number of aliphatic hydroxyl groups excluding tert-OH is 1. The minimum Gasteiger partial charge on any atom is -0.497 e. The van der Waals surface area contributed by atoms with Crippen LogP contribution in [0.3, 0.4) is 0 Å². The first-order valence-electron chi connectivity index (χ1n) is 10.9. The number of nitrogens with one attached hydrogen (secondary N) is 1. The first kappa shape index (κ1) is 21.9. The second-order valence-electron chi connectivity index (χ2n) is 8.26. The standard InChI is InChI=1S/C23H28N6O3/c1-15-10-18(22-26-28-29(27-22)14-16-6-8-19(30)9-7-16)12-21(25-15)23(31)24-13-17-4-3-5-20(11-17)32-2/h3-5,10-12,16,19,30H,6-9,13-14H2,1-2H3,(H,24,31). The predicted octanol–water partition coefficient (Wildman–Crippen LogP) is 2.53. The van der Waals surface area contributed by atoms with Gasteiger partial charge in [-0.05, 0) is 73.6 Å². The summed E-state index contributed by atoms with van der Waals surface area (Å²) in [6.07, 6.45) is 3.39. The van der Waals surface area contributed by atoms with Crippen LogP contribution in [-0.2, 0) is 13.1 Å². The van der Waals surface area contributed by atoms with Gasteiger partial charge in [-0.15, -0.1) is 10.2 Å². The van der Waals surface area contributed by atoms with E-state index in [9.17, 15) is 9.90 Å². The van der Waals surface area contributed by atoms with Crippen molar-refractivity contribution in [2.75, 3.05) is 7.11 Å². The molecule has 0 bridgehead atoms. The van der Waals surface area contributed by atoms with Gasteiger partial charge in [0, 0.05) is 17.8 Å². The van der Waals surface area contributed by atoms with E-state index in [2.05, 4.69) is 25.7 Å². The van der Waals surface area contributed by atoms with Gasteiger partial charge in [-0.2, -0.15) is 4.80 Å². The van der Waals surface area contributed by atoms with E-state index in [0.29, 0.717) is 41.8 Å². The summed E-state index contributed by atoms with van der Waals surface area (Å²) in [5.41, 5.74) is 2.65. The van der Waals surface area contributed by atoms with Crippen molar-refractivity contribution < 1.29 is 14.6 Å². The van der Waals surface area contributed by atoms with Crippen LogP contribution in [-0.4, -0.2) is 49.4 Å². The summed E-state index contributed by atoms with van der Waals surface area (Å²) in [5.74, 6) is 1.38. The third kappa shape index (κ3) is 5.47. The molecule has 9 nitrogen and oxygen atoms in total. The van der Waals surface area contributed by atoms with Crippen LogP contribution in [0.1, 0.15) is 47.4 Å². The van der Waals surface area contributed by atoms with Crippen LogP contribution in [0.15, 0.2) is 36.4 Å². The predicted molar refractivity (Wildman–Crippen MR) is 118 cm³/mol. The van der Waals surface area contributed by atoms with E-state index < -0.39 is 0 Å². The zero-order valence-corrected chi connectivity index (χ0v) is 18.4. The highest BCUT2D eigenvalue weighted by Crippen LogP contribution is 2.25. The first-order chi connectivity index (χ1) is 15.5. The number of carbonyl (C=O) groups excluding carboxylic acids is 1. The van der Waals surface area contributed by atoms with Crippen molar-refractivity contribution in [1.29, 1.82) is 0 Å². The molecule has 0 spiro atoms. The molecular weight excluding hydrogens is 408 g/mol. The Morgan fingerprint density at radius 1 is 1.22 bits per heavy atom. The lowest BCUT2D eigenvalue weighted by atomic mass is 9.88. The summed E-state index contributed by atoms with van der Waals surface area (Å²) in [5, 5.41) is 25.4. The number of aliphatic hydroxyl groups is 1. The minimum absolute atomic E-state index is 0.182. The van der Waals surface area contributed by atoms with E-state index in [-0.39, 0.29) is 12.0 Å². The molecule has 0 unspecified atom stereocenters. The average Bonchev–Trinajstić information content (AvgIpc) is 3.27. The molecule has 0 saturated heterocycles. The fourth-order valence-electron chi connectivity index (χ4n) is 3.96. The number of aromatic nitrogens is 5. The lowest BCUT2D eigenvalue weighted by Crippen LogP contribution is -2.24. The molecule has 2 N–H and O–H groups in total. The molecule has 32 heavy (non-hydrogen) atoms. The second-order valence-corrected chi connectivity index (χ2v) is 8.26. The Hall–Kier alpha value is -3.33. The van der Waals surface area contributed by atoms with Crippen LogP contribution in [0.25, 0.3) is 11.4 Å². The van der Waals surface area contributed by atoms with Crippen molar-refractivity contribution >= 4 is 5.91 Å². The molecule has 1 amide bonds. The number of hydrogen-bond acceptors (Lipinski definition) is 7. The lowest BCUT2D eigenvalue weighted by molar-refractivity contribution is 0.0945. The summed E-state index contributed by atoms with van der Waals surface area (Å²) in [6, 6.07) is 11.1. The summed E-state index contributed by atoms with van der Waals surface area (Å²) in [7, 11) is 1.61. The average molecular weight is 437 g/mol. The summed E-state index contributed by atoms with van der Waals surface area (Å²) < 4.78 is 5.22. The van der Waals surface area contributed by atoms with Gasteiger partial charge in [0.25, 0.3) is 5.91 Å². The molecule has 4 rings (SSSR count). The molecule has 168 valence electrons. The van der Waals surface area contributed by atoms with Crippen molar-refractivity contribution in [1.82, 2.24) is 30.5 Å². The number of methoxy groups -OCH3 is 1. The molecule has 0 aliphatic heterocycles. The largest absolute Gasteiger partial charge is 0.497 e. The Labute approximate surface area is 186 Å². The third-order valence-electron chi connectivity index (χ3n) is 5.72. The fourth-order valence-corrected chi connectivity index (χ4v) is 3.96. The maximum atomic E-state index is 12.7. The molecule has 2 aromatic heterocycles. The molecular formula is C23H28N6O3. The van der Waals surface area contributed by atoms with Gasteiger partial charge in [0.2, 0.25) is 5.82 Å². The number of benzene rings is 1. The number of rotatable bonds is 7. The maximum Gasteiger partial charge on any atom is 0.270 e. The Morgan fingerprint density at radius 2 is 2.03 bits per heavy atom. The molecule has 9 heteroatoms. The van der Waals surface area contributed by atoms with Gasteiger partial charge in [0.15, 0.2) is 0 Å². The normalized spacial score (nSPS) is 18.3. The molecule has 0 atom stereocenters. The Kier molecular flexibility index (Phi) is 6.75. The smallest absolute Gasteiger partial charge is 0.270 e. The monoisotopic (exact) mass is 436 g/mol. The number of amides is 1. The summed E-state index contributed by atoms with van der Waals surface area (Å²) in [4.78, 5) is 18.7. The van der Waals surface area contributed by atoms with Crippen molar-refractivity contribution in [3.8, 4) is 17.1 Å². The quantitative estimate of drug-likeness (QED) is 0.585.